The van der Waals surface area contributed by atoms with Crippen molar-refractivity contribution >= 4 is 51.7 Å². The van der Waals surface area contributed by atoms with Crippen molar-refractivity contribution in [2.45, 2.75) is 20.8 Å². The summed E-state index contributed by atoms with van der Waals surface area (Å²) in [5.74, 6) is -1.16. The van der Waals surface area contributed by atoms with Crippen LogP contribution in [0.5, 0.6) is 0 Å². The third-order valence-electron chi connectivity index (χ3n) is 3.46. The van der Waals surface area contributed by atoms with E-state index in [1.165, 1.54) is 13.0 Å². The fourth-order valence-electron chi connectivity index (χ4n) is 2.32. The zero-order chi connectivity index (χ0) is 19.3. The van der Waals surface area contributed by atoms with Crippen LogP contribution in [0.3, 0.4) is 0 Å². The summed E-state index contributed by atoms with van der Waals surface area (Å²) in [6, 6.07) is 7.05. The monoisotopic (exact) mass is 391 g/mol. The molecule has 0 atom stereocenters. The Hall–Kier alpha value is -2.44. The van der Waals surface area contributed by atoms with E-state index in [1.807, 2.05) is 6.07 Å². The first-order valence-corrected chi connectivity index (χ1v) is 9.09. The molecule has 0 aliphatic carbocycles. The van der Waals surface area contributed by atoms with Gasteiger partial charge in [0.05, 0.1) is 17.0 Å². The molecule has 0 fully saturated rings. The number of carbonyl (C=O) groups excluding carboxylic acids is 3. The maximum atomic E-state index is 12.2. The summed E-state index contributed by atoms with van der Waals surface area (Å²) < 4.78 is 5.04. The van der Waals surface area contributed by atoms with E-state index in [2.05, 4.69) is 5.32 Å². The molecule has 2 aromatic rings. The average Bonchev–Trinajstić information content (AvgIpc) is 2.89. The minimum Gasteiger partial charge on any atom is -0.462 e. The number of hydrogen-bond acceptors (Lipinski definition) is 5. The predicted octanol–water partition coefficient (Wildman–Crippen LogP) is 4.74. The number of thiophene rings is 1. The van der Waals surface area contributed by atoms with Crippen LogP contribution < -0.4 is 5.32 Å². The number of benzene rings is 1. The number of carbonyl (C=O) groups is 3. The molecule has 1 heterocycles. The van der Waals surface area contributed by atoms with Gasteiger partial charge in [-0.25, -0.2) is 4.79 Å². The standard InChI is InChI=1S/C19H18ClNO4S/c1-4-25-19(24)16-11(2)17(12(3)22)26-18(16)21-15(23)9-8-13-6-5-7-14(20)10-13/h5-10H,4H2,1-3H3,(H,21,23)/b9-8+. The van der Waals surface area contributed by atoms with Gasteiger partial charge in [-0.3, -0.25) is 9.59 Å². The lowest BCUT2D eigenvalue weighted by Gasteiger charge is -2.05. The lowest BCUT2D eigenvalue weighted by molar-refractivity contribution is -0.111. The fraction of sp³-hybridized carbons (Fsp3) is 0.211. The zero-order valence-corrected chi connectivity index (χ0v) is 16.2. The first kappa shape index (κ1) is 19.9. The molecule has 1 aromatic carbocycles. The van der Waals surface area contributed by atoms with Crippen molar-refractivity contribution < 1.29 is 19.1 Å². The molecule has 1 N–H and O–H groups in total. The second kappa shape index (κ2) is 8.78. The van der Waals surface area contributed by atoms with Crippen molar-refractivity contribution in [2.75, 3.05) is 11.9 Å². The molecular weight excluding hydrogens is 374 g/mol. The Morgan fingerprint density at radius 2 is 2.04 bits per heavy atom. The van der Waals surface area contributed by atoms with Gasteiger partial charge in [0.1, 0.15) is 5.00 Å². The van der Waals surface area contributed by atoms with E-state index in [4.69, 9.17) is 16.3 Å². The Kier molecular flexibility index (Phi) is 6.71. The molecule has 0 saturated carbocycles. The number of Topliss-reactive ketones (excluding diaryl/α,β-unsaturated/α-hetero) is 1. The van der Waals surface area contributed by atoms with E-state index in [9.17, 15) is 14.4 Å². The van der Waals surface area contributed by atoms with E-state index < -0.39 is 11.9 Å². The molecule has 0 aliphatic heterocycles. The van der Waals surface area contributed by atoms with Crippen LogP contribution in [-0.2, 0) is 9.53 Å². The number of esters is 1. The Morgan fingerprint density at radius 1 is 1.31 bits per heavy atom. The van der Waals surface area contributed by atoms with Crippen molar-refractivity contribution in [3.05, 3.63) is 56.9 Å². The van der Waals surface area contributed by atoms with Crippen molar-refractivity contribution in [3.63, 3.8) is 0 Å². The number of ketones is 1. The lowest BCUT2D eigenvalue weighted by atomic mass is 10.1. The SMILES string of the molecule is CCOC(=O)c1c(NC(=O)/C=C/c2cccc(Cl)c2)sc(C(C)=O)c1C. The van der Waals surface area contributed by atoms with Crippen LogP contribution in [0.1, 0.15) is 45.0 Å². The third kappa shape index (κ3) is 4.80. The van der Waals surface area contributed by atoms with Gasteiger partial charge < -0.3 is 10.1 Å². The third-order valence-corrected chi connectivity index (χ3v) is 5.00. The van der Waals surface area contributed by atoms with Gasteiger partial charge in [0.25, 0.3) is 0 Å². The first-order valence-electron chi connectivity index (χ1n) is 7.89. The van der Waals surface area contributed by atoms with Crippen LogP contribution >= 0.6 is 22.9 Å². The molecule has 0 radical (unpaired) electrons. The normalized spacial score (nSPS) is 10.8. The highest BCUT2D eigenvalue weighted by molar-refractivity contribution is 7.18. The van der Waals surface area contributed by atoms with Gasteiger partial charge in [0.15, 0.2) is 5.78 Å². The molecule has 1 amide bonds. The molecule has 0 spiro atoms. The van der Waals surface area contributed by atoms with E-state index in [-0.39, 0.29) is 18.0 Å². The Morgan fingerprint density at radius 3 is 2.65 bits per heavy atom. The second-order valence-corrected chi connectivity index (χ2v) is 6.87. The van der Waals surface area contributed by atoms with Gasteiger partial charge in [-0.15, -0.1) is 11.3 Å². The summed E-state index contributed by atoms with van der Waals surface area (Å²) in [4.78, 5) is 36.6. The topological polar surface area (TPSA) is 72.5 Å². The summed E-state index contributed by atoms with van der Waals surface area (Å²) in [6.07, 6.45) is 2.95. The molecule has 7 heteroatoms. The van der Waals surface area contributed by atoms with E-state index in [0.29, 0.717) is 20.5 Å². The van der Waals surface area contributed by atoms with Crippen molar-refractivity contribution in [2.24, 2.45) is 0 Å². The number of nitrogens with one attached hydrogen (secondary N) is 1. The minimum absolute atomic E-state index is 0.173. The maximum absolute atomic E-state index is 12.2. The van der Waals surface area contributed by atoms with Gasteiger partial charge in [-0.05, 0) is 50.1 Å². The number of halogens is 1. The summed E-state index contributed by atoms with van der Waals surface area (Å²) in [5, 5.41) is 3.52. The van der Waals surface area contributed by atoms with Gasteiger partial charge in [-0.1, -0.05) is 23.7 Å². The molecule has 2 rings (SSSR count). The molecule has 5 nitrogen and oxygen atoms in total. The maximum Gasteiger partial charge on any atom is 0.341 e. The largest absolute Gasteiger partial charge is 0.462 e. The van der Waals surface area contributed by atoms with Crippen molar-refractivity contribution in [3.8, 4) is 0 Å². The van der Waals surface area contributed by atoms with Crippen LogP contribution in [-0.4, -0.2) is 24.3 Å². The Balaban J connectivity index is 2.27. The highest BCUT2D eigenvalue weighted by Gasteiger charge is 2.24. The molecular formula is C19H18ClNO4S. The second-order valence-electron chi connectivity index (χ2n) is 5.41. The average molecular weight is 392 g/mol. The van der Waals surface area contributed by atoms with Crippen LogP contribution in [0.4, 0.5) is 5.00 Å². The Bertz CT molecular complexity index is 886. The summed E-state index contributed by atoms with van der Waals surface area (Å²) in [7, 11) is 0. The highest BCUT2D eigenvalue weighted by Crippen LogP contribution is 2.34. The summed E-state index contributed by atoms with van der Waals surface area (Å²) >= 11 is 6.97. The lowest BCUT2D eigenvalue weighted by Crippen LogP contribution is -2.12. The Labute approximate surface area is 160 Å². The van der Waals surface area contributed by atoms with Crippen LogP contribution in [0.2, 0.25) is 5.02 Å². The van der Waals surface area contributed by atoms with E-state index in [0.717, 1.165) is 16.9 Å². The zero-order valence-electron chi connectivity index (χ0n) is 14.6. The smallest absolute Gasteiger partial charge is 0.341 e. The van der Waals surface area contributed by atoms with Crippen LogP contribution in [0, 0.1) is 6.92 Å². The number of anilines is 1. The first-order chi connectivity index (χ1) is 12.3. The highest BCUT2D eigenvalue weighted by atomic mass is 35.5. The van der Waals surface area contributed by atoms with E-state index >= 15 is 0 Å². The van der Waals surface area contributed by atoms with Gasteiger partial charge >= 0.3 is 5.97 Å². The van der Waals surface area contributed by atoms with E-state index in [1.54, 1.807) is 38.1 Å². The predicted molar refractivity (Wildman–Crippen MR) is 104 cm³/mol. The van der Waals surface area contributed by atoms with Gasteiger partial charge in [0, 0.05) is 11.1 Å². The molecule has 136 valence electrons. The number of hydrogen-bond donors (Lipinski definition) is 1. The number of ether oxygens (including phenoxy) is 1. The van der Waals surface area contributed by atoms with Gasteiger partial charge in [0.2, 0.25) is 5.91 Å². The number of amides is 1. The molecule has 1 aromatic heterocycles. The van der Waals surface area contributed by atoms with Crippen molar-refractivity contribution in [1.29, 1.82) is 0 Å². The van der Waals surface area contributed by atoms with Crippen molar-refractivity contribution in [1.82, 2.24) is 0 Å². The molecule has 0 bridgehead atoms. The molecule has 0 saturated heterocycles. The molecule has 0 aliphatic rings. The minimum atomic E-state index is -0.567. The summed E-state index contributed by atoms with van der Waals surface area (Å²) in [5.41, 5.74) is 1.49. The fourth-order valence-corrected chi connectivity index (χ4v) is 3.61. The van der Waals surface area contributed by atoms with Crippen LogP contribution in [0.25, 0.3) is 6.08 Å². The molecule has 0 unspecified atom stereocenters. The quantitative estimate of drug-likeness (QED) is 0.438. The number of rotatable bonds is 6. The molecule has 26 heavy (non-hydrogen) atoms. The summed E-state index contributed by atoms with van der Waals surface area (Å²) in [6.45, 7) is 4.97. The van der Waals surface area contributed by atoms with Gasteiger partial charge in [-0.2, -0.15) is 0 Å². The van der Waals surface area contributed by atoms with Crippen LogP contribution in [0.15, 0.2) is 30.3 Å².